The zero-order chi connectivity index (χ0) is 16.8. The van der Waals surface area contributed by atoms with E-state index >= 15 is 0 Å². The van der Waals surface area contributed by atoms with Crippen LogP contribution in [-0.4, -0.2) is 22.7 Å². The summed E-state index contributed by atoms with van der Waals surface area (Å²) >= 11 is 3.32. The summed E-state index contributed by atoms with van der Waals surface area (Å²) in [5, 5.41) is 6.32. The van der Waals surface area contributed by atoms with Gasteiger partial charge >= 0.3 is 0 Å². The van der Waals surface area contributed by atoms with Crippen molar-refractivity contribution in [3.8, 4) is 10.6 Å². The summed E-state index contributed by atoms with van der Waals surface area (Å²) in [4.78, 5) is 16.7. The van der Waals surface area contributed by atoms with Gasteiger partial charge in [0.25, 0.3) is 0 Å². The number of amides is 1. The van der Waals surface area contributed by atoms with Gasteiger partial charge in [-0.15, -0.1) is 23.1 Å². The number of hydrogen-bond donors (Lipinski definition) is 1. The van der Waals surface area contributed by atoms with Crippen LogP contribution >= 0.6 is 23.1 Å². The Bertz CT molecular complexity index is 660. The van der Waals surface area contributed by atoms with Crippen LogP contribution in [-0.2, 0) is 10.5 Å². The van der Waals surface area contributed by atoms with Crippen molar-refractivity contribution in [3.05, 3.63) is 40.9 Å². The molecule has 24 heavy (non-hydrogen) atoms. The van der Waals surface area contributed by atoms with Crippen LogP contribution in [0.4, 0.5) is 0 Å². The molecule has 0 unspecified atom stereocenters. The molecule has 0 spiro atoms. The molecule has 3 nitrogen and oxygen atoms in total. The van der Waals surface area contributed by atoms with Crippen molar-refractivity contribution < 1.29 is 4.79 Å². The zero-order valence-corrected chi connectivity index (χ0v) is 15.7. The average molecular weight is 361 g/mol. The van der Waals surface area contributed by atoms with Gasteiger partial charge in [-0.1, -0.05) is 49.1 Å². The van der Waals surface area contributed by atoms with Gasteiger partial charge in [-0.2, -0.15) is 0 Å². The Morgan fingerprint density at radius 1 is 1.25 bits per heavy atom. The standard InChI is InChI=1S/C19H24N2OS2/c1-14-7-9-15(10-8-14)19-21-17(12-24-19)11-23-13-18(22)20-16-5-3-2-4-6-16/h7-10,12,16H,2-6,11,13H2,1H3,(H,20,22). The van der Waals surface area contributed by atoms with Crippen molar-refractivity contribution in [2.45, 2.75) is 50.8 Å². The lowest BCUT2D eigenvalue weighted by molar-refractivity contribution is -0.119. The van der Waals surface area contributed by atoms with Crippen LogP contribution in [0.1, 0.15) is 43.4 Å². The monoisotopic (exact) mass is 360 g/mol. The average Bonchev–Trinajstić information content (AvgIpc) is 3.05. The molecule has 1 N–H and O–H groups in total. The minimum absolute atomic E-state index is 0.167. The number of thioether (sulfide) groups is 1. The molecule has 1 heterocycles. The largest absolute Gasteiger partial charge is 0.353 e. The maximum atomic E-state index is 12.0. The number of rotatable bonds is 6. The van der Waals surface area contributed by atoms with Crippen molar-refractivity contribution >= 4 is 29.0 Å². The smallest absolute Gasteiger partial charge is 0.230 e. The molecule has 128 valence electrons. The van der Waals surface area contributed by atoms with E-state index in [1.165, 1.54) is 24.8 Å². The summed E-state index contributed by atoms with van der Waals surface area (Å²) in [6.45, 7) is 2.09. The Kier molecular flexibility index (Phi) is 6.32. The second-order valence-corrected chi connectivity index (χ2v) is 8.25. The fourth-order valence-corrected chi connectivity index (χ4v) is 4.63. The molecule has 5 heteroatoms. The van der Waals surface area contributed by atoms with Gasteiger partial charge in [0.1, 0.15) is 5.01 Å². The maximum Gasteiger partial charge on any atom is 0.230 e. The summed E-state index contributed by atoms with van der Waals surface area (Å²) < 4.78 is 0. The first-order valence-electron chi connectivity index (χ1n) is 8.59. The van der Waals surface area contributed by atoms with Crippen LogP contribution in [0.25, 0.3) is 10.6 Å². The third-order valence-electron chi connectivity index (χ3n) is 4.30. The normalized spacial score (nSPS) is 15.4. The van der Waals surface area contributed by atoms with Crippen LogP contribution in [0.5, 0.6) is 0 Å². The highest BCUT2D eigenvalue weighted by Gasteiger charge is 2.15. The molecule has 1 aromatic heterocycles. The van der Waals surface area contributed by atoms with Gasteiger partial charge in [-0.3, -0.25) is 4.79 Å². The van der Waals surface area contributed by atoms with E-state index < -0.39 is 0 Å². The minimum atomic E-state index is 0.167. The Morgan fingerprint density at radius 3 is 2.75 bits per heavy atom. The Balaban J connectivity index is 1.43. The van der Waals surface area contributed by atoms with E-state index in [1.807, 2.05) is 0 Å². The first kappa shape index (κ1) is 17.5. The second-order valence-electron chi connectivity index (χ2n) is 6.41. The number of aryl methyl sites for hydroxylation is 1. The van der Waals surface area contributed by atoms with Crippen LogP contribution < -0.4 is 5.32 Å². The molecule has 1 aliphatic rings. The first-order chi connectivity index (χ1) is 11.7. The summed E-state index contributed by atoms with van der Waals surface area (Å²) in [5.74, 6) is 1.48. The molecule has 0 atom stereocenters. The molecule has 1 fully saturated rings. The van der Waals surface area contributed by atoms with E-state index in [1.54, 1.807) is 23.1 Å². The number of aromatic nitrogens is 1. The molecule has 0 radical (unpaired) electrons. The number of thiazole rings is 1. The molecule has 0 aliphatic heterocycles. The third kappa shape index (κ3) is 5.08. The molecular formula is C19H24N2OS2. The van der Waals surface area contributed by atoms with Crippen LogP contribution in [0, 0.1) is 6.92 Å². The van der Waals surface area contributed by atoms with Crippen molar-refractivity contribution in [1.29, 1.82) is 0 Å². The van der Waals surface area contributed by atoms with Crippen molar-refractivity contribution in [2.24, 2.45) is 0 Å². The van der Waals surface area contributed by atoms with E-state index in [4.69, 9.17) is 0 Å². The van der Waals surface area contributed by atoms with Crippen LogP contribution in [0.15, 0.2) is 29.6 Å². The molecule has 0 saturated heterocycles. The first-order valence-corrected chi connectivity index (χ1v) is 10.6. The number of nitrogens with one attached hydrogen (secondary N) is 1. The third-order valence-corrected chi connectivity index (χ3v) is 6.21. The van der Waals surface area contributed by atoms with Crippen LogP contribution in [0.2, 0.25) is 0 Å². The molecular weight excluding hydrogens is 336 g/mol. The SMILES string of the molecule is Cc1ccc(-c2nc(CSCC(=O)NC3CCCCC3)cs2)cc1. The number of carbonyl (C=O) groups is 1. The van der Waals surface area contributed by atoms with E-state index in [9.17, 15) is 4.79 Å². The second kappa shape index (κ2) is 8.67. The number of nitrogens with zero attached hydrogens (tertiary/aromatic N) is 1. The van der Waals surface area contributed by atoms with Crippen molar-refractivity contribution in [3.63, 3.8) is 0 Å². The molecule has 1 saturated carbocycles. The minimum Gasteiger partial charge on any atom is -0.353 e. The maximum absolute atomic E-state index is 12.0. The quantitative estimate of drug-likeness (QED) is 0.804. The number of hydrogen-bond acceptors (Lipinski definition) is 4. The van der Waals surface area contributed by atoms with Gasteiger partial charge in [-0.05, 0) is 19.8 Å². The Labute approximate surface area is 152 Å². The fourth-order valence-electron chi connectivity index (χ4n) is 2.97. The van der Waals surface area contributed by atoms with E-state index in [2.05, 4.69) is 46.9 Å². The molecule has 0 bridgehead atoms. The Morgan fingerprint density at radius 2 is 2.00 bits per heavy atom. The number of benzene rings is 1. The lowest BCUT2D eigenvalue weighted by Crippen LogP contribution is -2.37. The summed E-state index contributed by atoms with van der Waals surface area (Å²) in [5.41, 5.74) is 3.48. The van der Waals surface area contributed by atoms with E-state index in [-0.39, 0.29) is 5.91 Å². The van der Waals surface area contributed by atoms with Gasteiger partial charge in [0, 0.05) is 22.7 Å². The fraction of sp³-hybridized carbons (Fsp3) is 0.474. The molecule has 3 rings (SSSR count). The van der Waals surface area contributed by atoms with Gasteiger partial charge in [0.05, 0.1) is 11.4 Å². The highest BCUT2D eigenvalue weighted by molar-refractivity contribution is 7.99. The van der Waals surface area contributed by atoms with E-state index in [0.29, 0.717) is 11.8 Å². The van der Waals surface area contributed by atoms with Crippen LogP contribution in [0.3, 0.4) is 0 Å². The van der Waals surface area contributed by atoms with Crippen molar-refractivity contribution in [1.82, 2.24) is 10.3 Å². The molecule has 1 aliphatic carbocycles. The topological polar surface area (TPSA) is 42.0 Å². The van der Waals surface area contributed by atoms with E-state index in [0.717, 1.165) is 34.9 Å². The Hall–Kier alpha value is -1.33. The molecule has 2 aromatic rings. The lowest BCUT2D eigenvalue weighted by atomic mass is 9.95. The predicted octanol–water partition coefficient (Wildman–Crippen LogP) is 4.80. The molecule has 1 aromatic carbocycles. The highest BCUT2D eigenvalue weighted by atomic mass is 32.2. The van der Waals surface area contributed by atoms with Gasteiger partial charge in [0.2, 0.25) is 5.91 Å². The van der Waals surface area contributed by atoms with Gasteiger partial charge < -0.3 is 5.32 Å². The zero-order valence-electron chi connectivity index (χ0n) is 14.1. The summed E-state index contributed by atoms with van der Waals surface area (Å²) in [6.07, 6.45) is 6.09. The summed E-state index contributed by atoms with van der Waals surface area (Å²) in [7, 11) is 0. The molecule has 1 amide bonds. The van der Waals surface area contributed by atoms with Gasteiger partial charge in [0.15, 0.2) is 0 Å². The lowest BCUT2D eigenvalue weighted by Gasteiger charge is -2.22. The number of carbonyl (C=O) groups excluding carboxylic acids is 1. The van der Waals surface area contributed by atoms with Crippen molar-refractivity contribution in [2.75, 3.05) is 5.75 Å². The van der Waals surface area contributed by atoms with Gasteiger partial charge in [-0.25, -0.2) is 4.98 Å². The predicted molar refractivity (Wildman–Crippen MR) is 103 cm³/mol. The summed E-state index contributed by atoms with van der Waals surface area (Å²) in [6, 6.07) is 8.85. The highest BCUT2D eigenvalue weighted by Crippen LogP contribution is 2.25.